The number of aryl methyl sites for hydroxylation is 1. The maximum atomic E-state index is 12.7. The summed E-state index contributed by atoms with van der Waals surface area (Å²) in [4.78, 5) is 30.2. The van der Waals surface area contributed by atoms with E-state index in [9.17, 15) is 9.59 Å². The second-order valence-electron chi connectivity index (χ2n) is 7.32. The molecule has 1 fully saturated rings. The van der Waals surface area contributed by atoms with Gasteiger partial charge >= 0.3 is 0 Å². The molecule has 1 aliphatic rings. The van der Waals surface area contributed by atoms with Gasteiger partial charge in [-0.25, -0.2) is 10.5 Å². The van der Waals surface area contributed by atoms with Crippen molar-refractivity contribution in [3.05, 3.63) is 41.8 Å². The van der Waals surface area contributed by atoms with Gasteiger partial charge in [0, 0.05) is 25.1 Å². The molecule has 7 heteroatoms. The molecular weight excluding hydrogens is 358 g/mol. The molecule has 3 rings (SSSR count). The molecule has 0 unspecified atom stereocenters. The third-order valence-electron chi connectivity index (χ3n) is 5.34. The fourth-order valence-electron chi connectivity index (χ4n) is 3.63. The Morgan fingerprint density at radius 1 is 1.25 bits per heavy atom. The fourth-order valence-corrected chi connectivity index (χ4v) is 3.63. The molecule has 0 atom stereocenters. The lowest BCUT2D eigenvalue weighted by atomic mass is 9.91. The topological polar surface area (TPSA) is 95.7 Å². The molecule has 0 spiro atoms. The maximum Gasteiger partial charge on any atom is 0.243 e. The van der Waals surface area contributed by atoms with E-state index in [1.807, 2.05) is 42.2 Å². The first-order valence-electron chi connectivity index (χ1n) is 9.79. The second-order valence-corrected chi connectivity index (χ2v) is 7.32. The summed E-state index contributed by atoms with van der Waals surface area (Å²) < 4.78 is 5.75. The van der Waals surface area contributed by atoms with Crippen LogP contribution in [0.1, 0.15) is 43.6 Å². The molecule has 7 nitrogen and oxygen atoms in total. The van der Waals surface area contributed by atoms with Gasteiger partial charge in [-0.3, -0.25) is 14.8 Å². The summed E-state index contributed by atoms with van der Waals surface area (Å²) >= 11 is 0. The van der Waals surface area contributed by atoms with Crippen molar-refractivity contribution in [1.29, 1.82) is 0 Å². The molecule has 28 heavy (non-hydrogen) atoms. The highest BCUT2D eigenvalue weighted by Gasteiger charge is 2.24. The molecule has 1 saturated heterocycles. The number of likely N-dealkylation sites (tertiary alicyclic amines) is 1. The third kappa shape index (κ3) is 5.19. The number of carbonyl (C=O) groups is 2. The van der Waals surface area contributed by atoms with Crippen molar-refractivity contribution in [1.82, 2.24) is 15.4 Å². The van der Waals surface area contributed by atoms with Crippen LogP contribution >= 0.6 is 0 Å². The van der Waals surface area contributed by atoms with Gasteiger partial charge in [0.2, 0.25) is 17.7 Å². The Hall–Kier alpha value is -2.67. The van der Waals surface area contributed by atoms with Crippen LogP contribution in [0.15, 0.2) is 34.7 Å². The Morgan fingerprint density at radius 2 is 1.96 bits per heavy atom. The molecule has 1 aliphatic heterocycles. The molecular formula is C21H27N3O4. The molecule has 1 aromatic heterocycles. The van der Waals surface area contributed by atoms with E-state index in [-0.39, 0.29) is 18.2 Å². The number of aromatic nitrogens is 1. The Labute approximate surface area is 164 Å². The summed E-state index contributed by atoms with van der Waals surface area (Å²) in [5, 5.41) is 8.52. The minimum absolute atomic E-state index is 0.0779. The van der Waals surface area contributed by atoms with Crippen LogP contribution in [-0.2, 0) is 16.0 Å². The van der Waals surface area contributed by atoms with Gasteiger partial charge in [-0.2, -0.15) is 0 Å². The van der Waals surface area contributed by atoms with Crippen molar-refractivity contribution >= 4 is 11.8 Å². The van der Waals surface area contributed by atoms with Crippen LogP contribution in [0, 0.1) is 12.8 Å². The molecule has 2 aromatic rings. The molecule has 2 heterocycles. The van der Waals surface area contributed by atoms with Crippen molar-refractivity contribution in [2.75, 3.05) is 13.1 Å². The molecule has 0 aliphatic carbocycles. The number of rotatable bonds is 7. The average Bonchev–Trinajstić information content (AvgIpc) is 3.09. The Bertz CT molecular complexity index is 795. The predicted molar refractivity (Wildman–Crippen MR) is 103 cm³/mol. The number of carbonyl (C=O) groups excluding carboxylic acids is 2. The maximum absolute atomic E-state index is 12.7. The molecule has 1 aromatic carbocycles. The van der Waals surface area contributed by atoms with Crippen molar-refractivity contribution < 1.29 is 19.2 Å². The first kappa shape index (κ1) is 20.1. The zero-order chi connectivity index (χ0) is 19.9. The summed E-state index contributed by atoms with van der Waals surface area (Å²) in [5.74, 6) is 1.49. The first-order valence-corrected chi connectivity index (χ1v) is 9.79. The van der Waals surface area contributed by atoms with Crippen LogP contribution in [0.2, 0.25) is 0 Å². The van der Waals surface area contributed by atoms with Crippen LogP contribution in [-0.4, -0.2) is 40.0 Å². The Kier molecular flexibility index (Phi) is 6.81. The molecule has 2 N–H and O–H groups in total. The number of benzene rings is 1. The summed E-state index contributed by atoms with van der Waals surface area (Å²) in [6.45, 7) is 3.31. The molecule has 0 bridgehead atoms. The first-order chi connectivity index (χ1) is 13.6. The zero-order valence-corrected chi connectivity index (χ0v) is 16.2. The van der Waals surface area contributed by atoms with E-state index in [1.54, 1.807) is 5.48 Å². The van der Waals surface area contributed by atoms with Gasteiger partial charge in [0.25, 0.3) is 0 Å². The summed E-state index contributed by atoms with van der Waals surface area (Å²) in [7, 11) is 0. The molecule has 0 radical (unpaired) electrons. The van der Waals surface area contributed by atoms with Gasteiger partial charge in [0.1, 0.15) is 5.76 Å². The zero-order valence-electron chi connectivity index (χ0n) is 16.2. The highest BCUT2D eigenvalue weighted by Crippen LogP contribution is 2.25. The van der Waals surface area contributed by atoms with E-state index < -0.39 is 0 Å². The van der Waals surface area contributed by atoms with E-state index in [0.29, 0.717) is 29.7 Å². The monoisotopic (exact) mass is 385 g/mol. The van der Waals surface area contributed by atoms with Crippen LogP contribution in [0.3, 0.4) is 0 Å². The lowest BCUT2D eigenvalue weighted by Gasteiger charge is -2.32. The van der Waals surface area contributed by atoms with Crippen molar-refractivity contribution in [3.63, 3.8) is 0 Å². The Morgan fingerprint density at radius 3 is 2.64 bits per heavy atom. The van der Waals surface area contributed by atoms with Crippen LogP contribution in [0.25, 0.3) is 11.5 Å². The van der Waals surface area contributed by atoms with Crippen LogP contribution in [0.4, 0.5) is 0 Å². The minimum Gasteiger partial charge on any atom is -0.441 e. The highest BCUT2D eigenvalue weighted by molar-refractivity contribution is 5.78. The molecule has 150 valence electrons. The lowest BCUT2D eigenvalue weighted by molar-refractivity contribution is -0.132. The average molecular weight is 385 g/mol. The number of hydroxylamine groups is 1. The number of hydrogen-bond donors (Lipinski definition) is 2. The quantitative estimate of drug-likeness (QED) is 0.564. The van der Waals surface area contributed by atoms with Gasteiger partial charge in [0.15, 0.2) is 0 Å². The number of amides is 2. The molecule has 2 amide bonds. The number of nitrogens with one attached hydrogen (secondary N) is 1. The predicted octanol–water partition coefficient (Wildman–Crippen LogP) is 3.11. The lowest BCUT2D eigenvalue weighted by Crippen LogP contribution is -2.39. The van der Waals surface area contributed by atoms with Gasteiger partial charge < -0.3 is 9.32 Å². The minimum atomic E-state index is -0.342. The van der Waals surface area contributed by atoms with E-state index in [2.05, 4.69) is 4.98 Å². The van der Waals surface area contributed by atoms with Gasteiger partial charge in [-0.15, -0.1) is 0 Å². The van der Waals surface area contributed by atoms with Gasteiger partial charge in [-0.05, 0) is 50.7 Å². The number of oxazole rings is 1. The normalized spacial score (nSPS) is 14.9. The van der Waals surface area contributed by atoms with E-state index in [1.165, 1.54) is 0 Å². The van der Waals surface area contributed by atoms with Crippen LogP contribution < -0.4 is 5.48 Å². The van der Waals surface area contributed by atoms with Crippen molar-refractivity contribution in [3.8, 4) is 11.5 Å². The summed E-state index contributed by atoms with van der Waals surface area (Å²) in [6.07, 6.45) is 4.18. The second kappa shape index (κ2) is 9.50. The van der Waals surface area contributed by atoms with E-state index in [0.717, 1.165) is 44.3 Å². The Balaban J connectivity index is 1.48. The van der Waals surface area contributed by atoms with Crippen molar-refractivity contribution in [2.45, 2.75) is 45.4 Å². The van der Waals surface area contributed by atoms with E-state index >= 15 is 0 Å². The summed E-state index contributed by atoms with van der Waals surface area (Å²) in [6, 6.07) is 9.67. The van der Waals surface area contributed by atoms with Gasteiger partial charge in [-0.1, -0.05) is 18.2 Å². The third-order valence-corrected chi connectivity index (χ3v) is 5.34. The molecule has 0 saturated carbocycles. The SMILES string of the molecule is Cc1oc(-c2ccccc2)nc1CC(=O)N1CCC(CCCC(=O)NO)CC1. The van der Waals surface area contributed by atoms with Crippen LogP contribution in [0.5, 0.6) is 0 Å². The standard InChI is InChI=1S/C21H27N3O4/c1-15-18(22-21(28-15)17-7-3-2-4-8-17)14-20(26)24-12-10-16(11-13-24)6-5-9-19(25)23-27/h2-4,7-8,16,27H,5-6,9-14H2,1H3,(H,23,25). The summed E-state index contributed by atoms with van der Waals surface area (Å²) in [5.41, 5.74) is 3.26. The van der Waals surface area contributed by atoms with E-state index in [4.69, 9.17) is 9.62 Å². The number of piperidine rings is 1. The van der Waals surface area contributed by atoms with Crippen molar-refractivity contribution in [2.24, 2.45) is 5.92 Å². The smallest absolute Gasteiger partial charge is 0.243 e. The number of hydrogen-bond acceptors (Lipinski definition) is 5. The number of nitrogens with zero attached hydrogens (tertiary/aromatic N) is 2. The fraction of sp³-hybridized carbons (Fsp3) is 0.476. The van der Waals surface area contributed by atoms with Gasteiger partial charge in [0.05, 0.1) is 12.1 Å². The highest BCUT2D eigenvalue weighted by atomic mass is 16.5. The largest absolute Gasteiger partial charge is 0.441 e.